The molecule has 1 aliphatic carbocycles. The fraction of sp³-hybridized carbons (Fsp3) is 0.571. The maximum Gasteiger partial charge on any atom is 0.314 e. The van der Waals surface area contributed by atoms with Gasteiger partial charge in [0, 0.05) is 76.5 Å². The standard InChI is InChI=1S/C49H70ClN11O9S2/c50-38-30-37(33-51)43-32-45(61-20-5-14-53-17-23-61)47(44(43)31-38)70-40-8-10-41(11-9-40)72(66,67)58-39-13-22-60(35-39)25-29-69-27-19-57-49(63)55-16-4-3-15-54-48(62)56-18-26-68-28-24-59-21-12-36(34-59)42-6-1-2-7-46(42)71(52,64)65/h1-2,6-11,30-31,36,39,45,47,53,58H,3-5,12-29,32,34-35H2,(H2,52,64,65)(H2,54,56,62)(H2,55,57,63)/t36-,39+,45+,47+/m1/s1. The minimum Gasteiger partial charge on any atom is -0.484 e. The lowest BCUT2D eigenvalue weighted by Crippen LogP contribution is -2.42. The van der Waals surface area contributed by atoms with Crippen molar-refractivity contribution in [1.29, 1.82) is 5.26 Å². The van der Waals surface area contributed by atoms with E-state index in [1.54, 1.807) is 42.5 Å². The Balaban J connectivity index is 0.686. The van der Waals surface area contributed by atoms with E-state index in [0.29, 0.717) is 114 Å². The Bertz CT molecular complexity index is 2530. The third kappa shape index (κ3) is 16.2. The Kier molecular flexibility index (Phi) is 20.7. The number of hydrogen-bond donors (Lipinski definition) is 7. The molecule has 72 heavy (non-hydrogen) atoms. The molecule has 394 valence electrons. The molecule has 0 unspecified atom stereocenters. The molecule has 7 rings (SSSR count). The van der Waals surface area contributed by atoms with Crippen LogP contribution in [0.1, 0.15) is 66.4 Å². The maximum absolute atomic E-state index is 13.4. The fourth-order valence-corrected chi connectivity index (χ4v) is 12.2. The van der Waals surface area contributed by atoms with Gasteiger partial charge in [0.2, 0.25) is 20.0 Å². The van der Waals surface area contributed by atoms with Gasteiger partial charge in [-0.15, -0.1) is 0 Å². The van der Waals surface area contributed by atoms with Crippen LogP contribution < -0.4 is 41.2 Å². The normalized spacial score (nSPS) is 20.9. The van der Waals surface area contributed by atoms with Gasteiger partial charge in [0.15, 0.2) is 0 Å². The summed E-state index contributed by atoms with van der Waals surface area (Å²) < 4.78 is 71.8. The number of unbranched alkanes of at least 4 members (excludes halogenated alkanes) is 1. The molecular formula is C49H70ClN11O9S2. The van der Waals surface area contributed by atoms with Crippen LogP contribution >= 0.6 is 11.6 Å². The number of carbonyl (C=O) groups is 2. The van der Waals surface area contributed by atoms with Crippen molar-refractivity contribution in [1.82, 2.24) is 46.0 Å². The molecule has 4 amide bonds. The summed E-state index contributed by atoms with van der Waals surface area (Å²) in [4.78, 5) is 31.5. The summed E-state index contributed by atoms with van der Waals surface area (Å²) in [5, 5.41) is 30.4. The quantitative estimate of drug-likeness (QED) is 0.0602. The molecule has 3 heterocycles. The predicted octanol–water partition coefficient (Wildman–Crippen LogP) is 2.45. The highest BCUT2D eigenvalue weighted by Gasteiger charge is 2.40. The second-order valence-electron chi connectivity index (χ2n) is 18.6. The third-order valence-electron chi connectivity index (χ3n) is 13.6. The van der Waals surface area contributed by atoms with Gasteiger partial charge in [-0.3, -0.25) is 9.80 Å². The van der Waals surface area contributed by atoms with Gasteiger partial charge in [0.1, 0.15) is 11.9 Å². The number of urea groups is 2. The van der Waals surface area contributed by atoms with Crippen molar-refractivity contribution in [2.45, 2.75) is 72.4 Å². The Morgan fingerprint density at radius 1 is 0.778 bits per heavy atom. The maximum atomic E-state index is 13.4. The number of primary sulfonamides is 1. The van der Waals surface area contributed by atoms with Crippen molar-refractivity contribution in [3.8, 4) is 11.8 Å². The van der Waals surface area contributed by atoms with E-state index in [9.17, 15) is 31.7 Å². The van der Waals surface area contributed by atoms with Crippen LogP contribution in [0.25, 0.3) is 0 Å². The highest BCUT2D eigenvalue weighted by atomic mass is 35.5. The number of nitrogens with zero attached hydrogens (tertiary/aromatic N) is 4. The zero-order chi connectivity index (χ0) is 50.9. The van der Waals surface area contributed by atoms with Gasteiger partial charge in [-0.25, -0.2) is 36.3 Å². The summed E-state index contributed by atoms with van der Waals surface area (Å²) in [6.07, 6.45) is 4.18. The number of nitriles is 1. The number of rotatable bonds is 25. The number of sulfonamides is 2. The number of hydrogen-bond acceptors (Lipinski definition) is 14. The van der Waals surface area contributed by atoms with Crippen molar-refractivity contribution in [3.05, 3.63) is 87.9 Å². The third-order valence-corrected chi connectivity index (χ3v) is 16.3. The van der Waals surface area contributed by atoms with Crippen LogP contribution in [-0.4, -0.2) is 174 Å². The highest BCUT2D eigenvalue weighted by Crippen LogP contribution is 2.41. The van der Waals surface area contributed by atoms with E-state index in [4.69, 9.17) is 31.0 Å². The second-order valence-corrected chi connectivity index (χ2v) is 22.3. The molecule has 0 saturated carbocycles. The van der Waals surface area contributed by atoms with Gasteiger partial charge in [-0.2, -0.15) is 5.26 Å². The molecule has 0 spiro atoms. The van der Waals surface area contributed by atoms with Gasteiger partial charge in [0.25, 0.3) is 0 Å². The van der Waals surface area contributed by atoms with E-state index >= 15 is 0 Å². The van der Waals surface area contributed by atoms with Crippen LogP contribution in [0.2, 0.25) is 5.02 Å². The number of nitrogens with two attached hydrogens (primary N) is 1. The van der Waals surface area contributed by atoms with Gasteiger partial charge in [-0.05, 0) is 130 Å². The van der Waals surface area contributed by atoms with Crippen LogP contribution in [0.3, 0.4) is 0 Å². The molecule has 0 aromatic heterocycles. The average molecular weight is 1060 g/mol. The van der Waals surface area contributed by atoms with Crippen LogP contribution in [0, 0.1) is 11.3 Å². The molecule has 20 nitrogen and oxygen atoms in total. The Labute approximate surface area is 429 Å². The molecule has 3 fully saturated rings. The van der Waals surface area contributed by atoms with Crippen LogP contribution in [0.15, 0.2) is 70.5 Å². The minimum absolute atomic E-state index is 0.00585. The molecule has 23 heteroatoms. The first-order chi connectivity index (χ1) is 34.8. The van der Waals surface area contributed by atoms with E-state index in [2.05, 4.69) is 52.1 Å². The minimum atomic E-state index is -3.79. The molecule has 3 aromatic rings. The Morgan fingerprint density at radius 2 is 1.43 bits per heavy atom. The number of carbonyl (C=O) groups excluding carboxylic acids is 2. The second kappa shape index (κ2) is 27.1. The van der Waals surface area contributed by atoms with E-state index in [1.165, 1.54) is 0 Å². The van der Waals surface area contributed by atoms with Crippen molar-refractivity contribution in [2.75, 3.05) is 118 Å². The van der Waals surface area contributed by atoms with Crippen LogP contribution in [0.5, 0.6) is 5.75 Å². The summed E-state index contributed by atoms with van der Waals surface area (Å²) in [7, 11) is -7.58. The molecule has 3 saturated heterocycles. The average Bonchev–Trinajstić information content (AvgIpc) is 4.05. The summed E-state index contributed by atoms with van der Waals surface area (Å²) in [5.41, 5.74) is 3.16. The zero-order valence-electron chi connectivity index (χ0n) is 40.8. The number of halogens is 1. The van der Waals surface area contributed by atoms with E-state index in [-0.39, 0.29) is 46.0 Å². The first kappa shape index (κ1) is 55.1. The summed E-state index contributed by atoms with van der Waals surface area (Å²) in [5.74, 6) is 0.628. The summed E-state index contributed by atoms with van der Waals surface area (Å²) >= 11 is 6.46. The number of amides is 4. The molecule has 3 aromatic carbocycles. The lowest BCUT2D eigenvalue weighted by molar-refractivity contribution is 0.0821. The monoisotopic (exact) mass is 1060 g/mol. The van der Waals surface area contributed by atoms with E-state index < -0.39 is 20.0 Å². The number of ether oxygens (including phenoxy) is 3. The molecule has 3 aliphatic heterocycles. The number of likely N-dealkylation sites (tertiary alicyclic amines) is 2. The highest BCUT2D eigenvalue weighted by molar-refractivity contribution is 7.89. The lowest BCUT2D eigenvalue weighted by atomic mass is 9.98. The van der Waals surface area contributed by atoms with Gasteiger partial charge in [0.05, 0.1) is 53.9 Å². The topological polar surface area (TPSA) is 262 Å². The molecule has 8 N–H and O–H groups in total. The molecule has 4 aliphatic rings. The van der Waals surface area contributed by atoms with Gasteiger partial charge < -0.3 is 45.7 Å². The van der Waals surface area contributed by atoms with Crippen molar-refractivity contribution in [3.63, 3.8) is 0 Å². The fourth-order valence-electron chi connectivity index (χ4n) is 9.90. The molecule has 0 radical (unpaired) electrons. The Morgan fingerprint density at radius 3 is 2.11 bits per heavy atom. The van der Waals surface area contributed by atoms with Crippen LogP contribution in [0.4, 0.5) is 9.59 Å². The number of nitrogens with one attached hydrogen (secondary N) is 6. The van der Waals surface area contributed by atoms with Gasteiger partial charge >= 0.3 is 12.1 Å². The first-order valence-corrected chi connectivity index (χ1v) is 28.4. The van der Waals surface area contributed by atoms with Gasteiger partial charge in [-0.1, -0.05) is 29.8 Å². The number of benzene rings is 3. The molecular weight excluding hydrogens is 986 g/mol. The largest absolute Gasteiger partial charge is 0.484 e. The lowest BCUT2D eigenvalue weighted by Gasteiger charge is -2.32. The van der Waals surface area contributed by atoms with E-state index in [1.807, 2.05) is 18.2 Å². The Hall–Kier alpha value is -4.64. The predicted molar refractivity (Wildman–Crippen MR) is 273 cm³/mol. The van der Waals surface area contributed by atoms with Crippen molar-refractivity contribution < 1.29 is 40.6 Å². The molecule has 0 bridgehead atoms. The zero-order valence-corrected chi connectivity index (χ0v) is 43.2. The van der Waals surface area contributed by atoms with E-state index in [0.717, 1.165) is 75.3 Å². The molecule has 4 atom stereocenters. The SMILES string of the molecule is N#Cc1cc(Cl)cc2c1C[C@H](N1CCCNCC1)[C@H]2Oc1ccc(S(=O)(=O)N[C@H]2CCN(CCOCCNC(=O)NCCCCNC(=O)NCCOCCN3CC[C@@H](c4ccccc4S(N)(=O)=O)C3)C2)cc1. The van der Waals surface area contributed by atoms with Crippen molar-refractivity contribution >= 4 is 43.7 Å². The number of fused-ring (bicyclic) bond motifs is 1. The van der Waals surface area contributed by atoms with Crippen LogP contribution in [-0.2, 0) is 35.9 Å². The van der Waals surface area contributed by atoms with Crippen molar-refractivity contribution in [2.24, 2.45) is 5.14 Å². The summed E-state index contributed by atoms with van der Waals surface area (Å²) in [6.45, 7) is 11.0. The first-order valence-electron chi connectivity index (χ1n) is 25.0. The summed E-state index contributed by atoms with van der Waals surface area (Å²) in [6, 6.07) is 18.5. The smallest absolute Gasteiger partial charge is 0.314 e.